The standard InChI is InChI=1S/C30H36O13/c1-15(31)39-23-24(3,4)19-10-20(33)38-14-26(19)18-6-8-25(5)22(17-7-9-37-12-17)40-21(34)11-29(25,35)27(18)13-28(23,30(26,36)42-27)43-41-16(2)32/h7,9,12,18-19,22-23,35-36H,6,8,10-11,13-14H2,1-5H3/t18-,19-,22-,23-,25-,26+,27+,28+,29-,30+/m0/s1. The van der Waals surface area contributed by atoms with Crippen molar-refractivity contribution in [2.75, 3.05) is 6.61 Å². The lowest BCUT2D eigenvalue weighted by Crippen LogP contribution is -2.84. The predicted octanol–water partition coefficient (Wildman–Crippen LogP) is 2.03. The molecule has 0 aromatic carbocycles. The number of furan rings is 1. The third-order valence-corrected chi connectivity index (χ3v) is 12.0. The Kier molecular flexibility index (Phi) is 5.60. The van der Waals surface area contributed by atoms with Crippen molar-refractivity contribution in [3.63, 3.8) is 0 Å². The highest BCUT2D eigenvalue weighted by atomic mass is 17.2. The van der Waals surface area contributed by atoms with Crippen molar-refractivity contribution >= 4 is 23.9 Å². The van der Waals surface area contributed by atoms with Crippen LogP contribution < -0.4 is 0 Å². The Balaban J connectivity index is 1.50. The van der Waals surface area contributed by atoms with Crippen molar-refractivity contribution in [3.8, 4) is 0 Å². The van der Waals surface area contributed by atoms with E-state index < -0.39 is 93.2 Å². The molecule has 10 atom stereocenters. The molecule has 6 fully saturated rings. The molecular formula is C30H36O13. The largest absolute Gasteiger partial charge is 0.472 e. The zero-order valence-corrected chi connectivity index (χ0v) is 24.7. The second kappa shape index (κ2) is 8.38. The maximum absolute atomic E-state index is 13.3. The van der Waals surface area contributed by atoms with Crippen molar-refractivity contribution in [2.45, 2.75) is 102 Å². The SMILES string of the molecule is CC(=O)OO[C@@]12C[C@@]34O[C@]1(O)[C@]1(COC(=O)C[C@H]1C(C)(C)[C@@H]2OC(C)=O)[C@@H]3CC[C@@]1(C)[C@H](c2ccoc2)OC(=O)C[C@]14O. The maximum Gasteiger partial charge on any atom is 0.339 e. The Bertz CT molecular complexity index is 1420. The first kappa shape index (κ1) is 28.8. The Morgan fingerprint density at radius 3 is 2.44 bits per heavy atom. The van der Waals surface area contributed by atoms with E-state index in [0.29, 0.717) is 18.4 Å². The average Bonchev–Trinajstić information content (AvgIpc) is 3.59. The molecule has 13 nitrogen and oxygen atoms in total. The van der Waals surface area contributed by atoms with Gasteiger partial charge in [0.05, 0.1) is 24.4 Å². The summed E-state index contributed by atoms with van der Waals surface area (Å²) in [6.45, 7) is 7.43. The summed E-state index contributed by atoms with van der Waals surface area (Å²) in [5.41, 5.74) is -8.83. The molecule has 234 valence electrons. The topological polar surface area (TPSA) is 177 Å². The fourth-order valence-corrected chi connectivity index (χ4v) is 10.5. The normalized spacial score (nSPS) is 48.7. The number of hydrogen-bond acceptors (Lipinski definition) is 13. The van der Waals surface area contributed by atoms with Gasteiger partial charge >= 0.3 is 23.9 Å². The van der Waals surface area contributed by atoms with Gasteiger partial charge in [-0.05, 0) is 24.8 Å². The summed E-state index contributed by atoms with van der Waals surface area (Å²) in [5.74, 6) is -6.46. The Morgan fingerprint density at radius 1 is 1.05 bits per heavy atom. The van der Waals surface area contributed by atoms with Crippen LogP contribution in [0.25, 0.3) is 0 Å². The van der Waals surface area contributed by atoms with E-state index in [1.165, 1.54) is 19.5 Å². The first-order valence-electron chi connectivity index (χ1n) is 14.6. The third kappa shape index (κ3) is 3.02. The Morgan fingerprint density at radius 2 is 1.79 bits per heavy atom. The van der Waals surface area contributed by atoms with Crippen LogP contribution in [0.15, 0.2) is 23.0 Å². The van der Waals surface area contributed by atoms with Gasteiger partial charge in [-0.3, -0.25) is 19.3 Å². The van der Waals surface area contributed by atoms with Crippen molar-refractivity contribution in [1.29, 1.82) is 0 Å². The molecule has 6 aliphatic rings. The summed E-state index contributed by atoms with van der Waals surface area (Å²) in [7, 11) is 0. The Hall–Kier alpha value is -3.00. The summed E-state index contributed by atoms with van der Waals surface area (Å²) in [5, 5.41) is 26.1. The fourth-order valence-electron chi connectivity index (χ4n) is 10.5. The van der Waals surface area contributed by atoms with Gasteiger partial charge in [0.1, 0.15) is 30.0 Å². The number of carbonyl (C=O) groups excluding carboxylic acids is 4. The van der Waals surface area contributed by atoms with E-state index in [1.807, 2.05) is 0 Å². The van der Waals surface area contributed by atoms with Crippen molar-refractivity contribution in [2.24, 2.45) is 28.1 Å². The van der Waals surface area contributed by atoms with Crippen LogP contribution in [-0.2, 0) is 47.9 Å². The molecule has 2 bridgehead atoms. The fraction of sp³-hybridized carbons (Fsp3) is 0.733. The third-order valence-electron chi connectivity index (χ3n) is 12.0. The van der Waals surface area contributed by atoms with E-state index in [2.05, 4.69) is 0 Å². The monoisotopic (exact) mass is 604 g/mol. The summed E-state index contributed by atoms with van der Waals surface area (Å²) in [6.07, 6.45) is 0.479. The van der Waals surface area contributed by atoms with Gasteiger partial charge in [-0.15, -0.1) is 0 Å². The van der Waals surface area contributed by atoms with E-state index >= 15 is 0 Å². The highest BCUT2D eigenvalue weighted by molar-refractivity contribution is 5.74. The van der Waals surface area contributed by atoms with E-state index in [0.717, 1.165) is 6.92 Å². The van der Waals surface area contributed by atoms with E-state index in [9.17, 15) is 29.4 Å². The molecule has 0 amide bonds. The molecule has 2 aliphatic carbocycles. The second-order valence-corrected chi connectivity index (χ2v) is 14.1. The molecular weight excluding hydrogens is 568 g/mol. The summed E-state index contributed by atoms with van der Waals surface area (Å²) in [6, 6.07) is 1.66. The molecule has 1 aromatic rings. The van der Waals surface area contributed by atoms with Gasteiger partial charge in [0.2, 0.25) is 11.4 Å². The number of rotatable bonds is 4. The molecule has 43 heavy (non-hydrogen) atoms. The molecule has 13 heteroatoms. The first-order valence-corrected chi connectivity index (χ1v) is 14.6. The highest BCUT2D eigenvalue weighted by Gasteiger charge is 2.97. The average molecular weight is 605 g/mol. The van der Waals surface area contributed by atoms with Crippen molar-refractivity contribution in [1.82, 2.24) is 0 Å². The van der Waals surface area contributed by atoms with Crippen molar-refractivity contribution in [3.05, 3.63) is 24.2 Å². The molecule has 4 aliphatic heterocycles. The molecule has 5 heterocycles. The Labute approximate surface area is 247 Å². The number of ether oxygens (including phenoxy) is 4. The lowest BCUT2D eigenvalue weighted by molar-refractivity contribution is -0.461. The van der Waals surface area contributed by atoms with Gasteiger partial charge in [-0.25, -0.2) is 4.79 Å². The number of carbonyl (C=O) groups is 4. The van der Waals surface area contributed by atoms with Gasteiger partial charge in [-0.1, -0.05) is 20.8 Å². The van der Waals surface area contributed by atoms with Gasteiger partial charge in [-0.2, -0.15) is 4.89 Å². The minimum atomic E-state index is -2.39. The van der Waals surface area contributed by atoms with Gasteiger partial charge in [0, 0.05) is 49.0 Å². The van der Waals surface area contributed by atoms with Crippen LogP contribution in [0.2, 0.25) is 0 Å². The number of fused-ring (bicyclic) bond motifs is 1. The summed E-state index contributed by atoms with van der Waals surface area (Å²) in [4.78, 5) is 62.0. The maximum atomic E-state index is 13.3. The minimum Gasteiger partial charge on any atom is -0.472 e. The van der Waals surface area contributed by atoms with Gasteiger partial charge in [0.25, 0.3) is 0 Å². The van der Waals surface area contributed by atoms with Crippen LogP contribution >= 0.6 is 0 Å². The van der Waals surface area contributed by atoms with Crippen LogP contribution in [0.1, 0.15) is 78.4 Å². The molecule has 1 aromatic heterocycles. The smallest absolute Gasteiger partial charge is 0.339 e. The predicted molar refractivity (Wildman–Crippen MR) is 138 cm³/mol. The summed E-state index contributed by atoms with van der Waals surface area (Å²) >= 11 is 0. The van der Waals surface area contributed by atoms with Crippen LogP contribution in [-0.4, -0.2) is 69.4 Å². The molecule has 2 N–H and O–H groups in total. The molecule has 2 spiro atoms. The van der Waals surface area contributed by atoms with E-state index in [4.69, 9.17) is 33.1 Å². The lowest BCUT2D eigenvalue weighted by atomic mass is 9.34. The van der Waals surface area contributed by atoms with Crippen LogP contribution in [0.5, 0.6) is 0 Å². The minimum absolute atomic E-state index is 0.137. The van der Waals surface area contributed by atoms with Crippen LogP contribution in [0, 0.1) is 28.1 Å². The molecule has 2 saturated carbocycles. The zero-order valence-electron chi connectivity index (χ0n) is 24.7. The van der Waals surface area contributed by atoms with E-state index in [-0.39, 0.29) is 19.4 Å². The number of cyclic esters (lactones) is 2. The number of hydrogen-bond donors (Lipinski definition) is 2. The van der Waals surface area contributed by atoms with Gasteiger partial charge in [0.15, 0.2) is 0 Å². The number of aliphatic hydroxyl groups is 2. The van der Waals surface area contributed by atoms with Crippen LogP contribution in [0.3, 0.4) is 0 Å². The van der Waals surface area contributed by atoms with Crippen molar-refractivity contribution < 1.29 is 62.5 Å². The van der Waals surface area contributed by atoms with Gasteiger partial charge < -0.3 is 33.6 Å². The van der Waals surface area contributed by atoms with Crippen LogP contribution in [0.4, 0.5) is 0 Å². The zero-order chi connectivity index (χ0) is 31.0. The first-order chi connectivity index (χ1) is 20.0. The molecule has 0 radical (unpaired) electrons. The molecule has 7 rings (SSSR count). The lowest BCUT2D eigenvalue weighted by Gasteiger charge is -2.71. The second-order valence-electron chi connectivity index (χ2n) is 14.1. The molecule has 0 unspecified atom stereocenters. The highest BCUT2D eigenvalue weighted by Crippen LogP contribution is 2.84. The quantitative estimate of drug-likeness (QED) is 0.221. The number of esters is 3. The summed E-state index contributed by atoms with van der Waals surface area (Å²) < 4.78 is 29.5. The molecule has 4 saturated heterocycles. The van der Waals surface area contributed by atoms with E-state index in [1.54, 1.807) is 26.8 Å².